The van der Waals surface area contributed by atoms with Crippen molar-refractivity contribution in [1.82, 2.24) is 5.32 Å². The molecular weight excluding hydrogens is 250 g/mol. The first-order valence-electron chi connectivity index (χ1n) is 7.84. The minimum atomic E-state index is 0.750. The van der Waals surface area contributed by atoms with Gasteiger partial charge in [-0.05, 0) is 56.6 Å². The van der Waals surface area contributed by atoms with Gasteiger partial charge in [0, 0.05) is 22.3 Å². The zero-order chi connectivity index (χ0) is 13.8. The van der Waals surface area contributed by atoms with Gasteiger partial charge < -0.3 is 5.32 Å². The summed E-state index contributed by atoms with van der Waals surface area (Å²) in [4.78, 5) is 2.97. The summed E-state index contributed by atoms with van der Waals surface area (Å²) in [6.07, 6.45) is 7.04. The highest BCUT2D eigenvalue weighted by atomic mass is 32.1. The predicted octanol–water partition coefficient (Wildman–Crippen LogP) is 5.06. The van der Waals surface area contributed by atoms with Gasteiger partial charge in [-0.15, -0.1) is 11.3 Å². The highest BCUT2D eigenvalue weighted by molar-refractivity contribution is 7.12. The van der Waals surface area contributed by atoms with Crippen molar-refractivity contribution in [3.8, 4) is 0 Å². The highest BCUT2D eigenvalue weighted by Crippen LogP contribution is 2.30. The Morgan fingerprint density at radius 3 is 2.74 bits per heavy atom. The van der Waals surface area contributed by atoms with E-state index in [9.17, 15) is 0 Å². The minimum Gasteiger partial charge on any atom is -0.309 e. The molecule has 0 amide bonds. The van der Waals surface area contributed by atoms with Gasteiger partial charge in [0.1, 0.15) is 0 Å². The van der Waals surface area contributed by atoms with Crippen molar-refractivity contribution in [2.45, 2.75) is 72.4 Å². The predicted molar refractivity (Wildman–Crippen MR) is 85.8 cm³/mol. The van der Waals surface area contributed by atoms with Crippen LogP contribution >= 0.6 is 11.3 Å². The van der Waals surface area contributed by atoms with Crippen LogP contribution in [0.3, 0.4) is 0 Å². The molecule has 108 valence electrons. The SMILES string of the molecule is Cc1cc(CNC2CCCC(CC(C)C)C2)sc1C. The quantitative estimate of drug-likeness (QED) is 0.794. The van der Waals surface area contributed by atoms with E-state index < -0.39 is 0 Å². The normalized spacial score (nSPS) is 24.1. The second-order valence-electron chi connectivity index (χ2n) is 6.69. The van der Waals surface area contributed by atoms with Crippen LogP contribution in [0.4, 0.5) is 0 Å². The number of aryl methyl sites for hydroxylation is 2. The fourth-order valence-corrected chi connectivity index (χ4v) is 4.34. The van der Waals surface area contributed by atoms with Crippen LogP contribution in [0, 0.1) is 25.7 Å². The van der Waals surface area contributed by atoms with Crippen molar-refractivity contribution in [2.24, 2.45) is 11.8 Å². The Hall–Kier alpha value is -0.340. The summed E-state index contributed by atoms with van der Waals surface area (Å²) < 4.78 is 0. The lowest BCUT2D eigenvalue weighted by Crippen LogP contribution is -2.33. The molecule has 2 heteroatoms. The van der Waals surface area contributed by atoms with E-state index in [0.29, 0.717) is 0 Å². The first-order chi connectivity index (χ1) is 9.04. The average molecular weight is 279 g/mol. The lowest BCUT2D eigenvalue weighted by molar-refractivity contribution is 0.252. The third-order valence-electron chi connectivity index (χ3n) is 4.37. The molecule has 1 nitrogen and oxygen atoms in total. The smallest absolute Gasteiger partial charge is 0.0302 e. The molecule has 1 aliphatic carbocycles. The first kappa shape index (κ1) is 15.1. The van der Waals surface area contributed by atoms with E-state index in [-0.39, 0.29) is 0 Å². The number of hydrogen-bond donors (Lipinski definition) is 1. The summed E-state index contributed by atoms with van der Waals surface area (Å²) in [6.45, 7) is 10.2. The largest absolute Gasteiger partial charge is 0.309 e. The maximum Gasteiger partial charge on any atom is 0.0302 e. The van der Waals surface area contributed by atoms with E-state index in [1.165, 1.54) is 47.4 Å². The van der Waals surface area contributed by atoms with E-state index in [2.05, 4.69) is 39.1 Å². The minimum absolute atomic E-state index is 0.750. The molecule has 1 aromatic heterocycles. The Bertz CT molecular complexity index is 374. The second-order valence-corrected chi connectivity index (χ2v) is 8.03. The van der Waals surface area contributed by atoms with E-state index in [1.807, 2.05) is 11.3 Å². The molecule has 0 spiro atoms. The first-order valence-corrected chi connectivity index (χ1v) is 8.65. The van der Waals surface area contributed by atoms with Gasteiger partial charge in [0.2, 0.25) is 0 Å². The standard InChI is InChI=1S/C17H29NS/c1-12(2)8-15-6-5-7-16(10-15)18-11-17-9-13(3)14(4)19-17/h9,12,15-16,18H,5-8,10-11H2,1-4H3. The molecule has 2 unspecified atom stereocenters. The topological polar surface area (TPSA) is 12.0 Å². The molecule has 19 heavy (non-hydrogen) atoms. The van der Waals surface area contributed by atoms with Gasteiger partial charge in [0.25, 0.3) is 0 Å². The van der Waals surface area contributed by atoms with Gasteiger partial charge in [-0.1, -0.05) is 26.7 Å². The van der Waals surface area contributed by atoms with Crippen molar-refractivity contribution in [3.05, 3.63) is 21.4 Å². The van der Waals surface area contributed by atoms with Crippen molar-refractivity contribution in [2.75, 3.05) is 0 Å². The number of hydrogen-bond acceptors (Lipinski definition) is 2. The monoisotopic (exact) mass is 279 g/mol. The molecule has 0 radical (unpaired) electrons. The molecule has 0 aliphatic heterocycles. The van der Waals surface area contributed by atoms with Gasteiger partial charge in [0.05, 0.1) is 0 Å². The molecule has 1 aliphatic rings. The van der Waals surface area contributed by atoms with Gasteiger partial charge in [0.15, 0.2) is 0 Å². The molecule has 1 N–H and O–H groups in total. The van der Waals surface area contributed by atoms with E-state index in [1.54, 1.807) is 0 Å². The van der Waals surface area contributed by atoms with Crippen molar-refractivity contribution < 1.29 is 0 Å². The van der Waals surface area contributed by atoms with Crippen molar-refractivity contribution in [1.29, 1.82) is 0 Å². The Kier molecular flexibility index (Phi) is 5.47. The summed E-state index contributed by atoms with van der Waals surface area (Å²) in [6, 6.07) is 3.10. The zero-order valence-corrected chi connectivity index (χ0v) is 13.8. The molecule has 1 heterocycles. The fourth-order valence-electron chi connectivity index (χ4n) is 3.34. The number of thiophene rings is 1. The van der Waals surface area contributed by atoms with Gasteiger partial charge in [-0.3, -0.25) is 0 Å². The molecule has 2 rings (SSSR count). The van der Waals surface area contributed by atoms with Crippen LogP contribution < -0.4 is 5.32 Å². The van der Waals surface area contributed by atoms with Gasteiger partial charge in [-0.2, -0.15) is 0 Å². The van der Waals surface area contributed by atoms with Crippen LogP contribution in [0.25, 0.3) is 0 Å². The molecule has 0 aromatic carbocycles. The molecule has 1 aromatic rings. The third-order valence-corrected chi connectivity index (χ3v) is 5.52. The molecular formula is C17H29NS. The Balaban J connectivity index is 1.79. The van der Waals surface area contributed by atoms with Crippen LogP contribution in [0.15, 0.2) is 6.07 Å². The molecule has 0 saturated heterocycles. The van der Waals surface area contributed by atoms with Crippen LogP contribution in [0.5, 0.6) is 0 Å². The summed E-state index contributed by atoms with van der Waals surface area (Å²) in [5.74, 6) is 1.81. The summed E-state index contributed by atoms with van der Waals surface area (Å²) in [7, 11) is 0. The van der Waals surface area contributed by atoms with Crippen LogP contribution in [0.2, 0.25) is 0 Å². The summed E-state index contributed by atoms with van der Waals surface area (Å²) in [5, 5.41) is 3.79. The van der Waals surface area contributed by atoms with Crippen molar-refractivity contribution >= 4 is 11.3 Å². The molecule has 1 saturated carbocycles. The van der Waals surface area contributed by atoms with Crippen LogP contribution in [-0.4, -0.2) is 6.04 Å². The van der Waals surface area contributed by atoms with Crippen LogP contribution in [0.1, 0.15) is 61.3 Å². The zero-order valence-electron chi connectivity index (χ0n) is 13.0. The summed E-state index contributed by atoms with van der Waals surface area (Å²) in [5.41, 5.74) is 1.45. The Morgan fingerprint density at radius 1 is 1.32 bits per heavy atom. The average Bonchev–Trinajstić information content (AvgIpc) is 2.66. The fraction of sp³-hybridized carbons (Fsp3) is 0.765. The maximum atomic E-state index is 3.79. The van der Waals surface area contributed by atoms with Crippen LogP contribution in [-0.2, 0) is 6.54 Å². The van der Waals surface area contributed by atoms with E-state index >= 15 is 0 Å². The molecule has 1 fully saturated rings. The second kappa shape index (κ2) is 6.90. The Labute approximate surface area is 122 Å². The van der Waals surface area contributed by atoms with E-state index in [0.717, 1.165) is 24.4 Å². The lowest BCUT2D eigenvalue weighted by atomic mass is 9.81. The third kappa shape index (κ3) is 4.61. The number of nitrogens with one attached hydrogen (secondary N) is 1. The van der Waals surface area contributed by atoms with E-state index in [4.69, 9.17) is 0 Å². The Morgan fingerprint density at radius 2 is 2.11 bits per heavy atom. The summed E-state index contributed by atoms with van der Waals surface area (Å²) >= 11 is 1.95. The lowest BCUT2D eigenvalue weighted by Gasteiger charge is -2.30. The van der Waals surface area contributed by atoms with Crippen molar-refractivity contribution in [3.63, 3.8) is 0 Å². The molecule has 0 bridgehead atoms. The maximum absolute atomic E-state index is 3.79. The van der Waals surface area contributed by atoms with Gasteiger partial charge >= 0.3 is 0 Å². The number of rotatable bonds is 5. The van der Waals surface area contributed by atoms with Gasteiger partial charge in [-0.25, -0.2) is 0 Å². The highest BCUT2D eigenvalue weighted by Gasteiger charge is 2.22. The molecule has 2 atom stereocenters.